The van der Waals surface area contributed by atoms with Crippen LogP contribution >= 0.6 is 31.9 Å². The third-order valence-electron chi connectivity index (χ3n) is 1.78. The summed E-state index contributed by atoms with van der Waals surface area (Å²) in [6, 6.07) is 3.08. The molecule has 0 bridgehead atoms. The first-order chi connectivity index (χ1) is 7.45. The van der Waals surface area contributed by atoms with E-state index in [1.165, 1.54) is 6.08 Å². The number of nitro groups is 1. The molecule has 5 nitrogen and oxygen atoms in total. The van der Waals surface area contributed by atoms with Crippen molar-refractivity contribution >= 4 is 37.5 Å². The number of phenols is 1. The smallest absolute Gasteiger partial charge is 0.303 e. The Morgan fingerprint density at radius 2 is 2.00 bits per heavy atom. The summed E-state index contributed by atoms with van der Waals surface area (Å²) in [7, 11) is 0. The number of nitrogens with zero attached hydrogens (tertiary/aromatic N) is 1. The Balaban J connectivity index is 2.98. The van der Waals surface area contributed by atoms with Crippen LogP contribution in [0.2, 0.25) is 0 Å². The highest BCUT2D eigenvalue weighted by Crippen LogP contribution is 2.35. The molecule has 0 aliphatic carbocycles. The molecule has 0 aliphatic heterocycles. The number of rotatable bonds is 4. The second-order valence-electron chi connectivity index (χ2n) is 2.90. The average Bonchev–Trinajstić information content (AvgIpc) is 2.21. The van der Waals surface area contributed by atoms with Crippen LogP contribution in [-0.2, 0) is 0 Å². The van der Waals surface area contributed by atoms with Gasteiger partial charge in [0.1, 0.15) is 5.75 Å². The predicted octanol–water partition coefficient (Wildman–Crippen LogP) is 3.12. The summed E-state index contributed by atoms with van der Waals surface area (Å²) < 4.78 is 0.881. The van der Waals surface area contributed by atoms with Crippen molar-refractivity contribution in [1.29, 1.82) is 0 Å². The Kier molecular flexibility index (Phi) is 4.31. The molecule has 0 fully saturated rings. The predicted molar refractivity (Wildman–Crippen MR) is 68.1 cm³/mol. The van der Waals surface area contributed by atoms with Crippen LogP contribution in [0, 0.1) is 10.1 Å². The lowest BCUT2D eigenvalue weighted by Gasteiger charge is -2.10. The van der Waals surface area contributed by atoms with Gasteiger partial charge in [0.05, 0.1) is 8.95 Å². The minimum Gasteiger partial charge on any atom is -0.506 e. The minimum absolute atomic E-state index is 0.0433. The van der Waals surface area contributed by atoms with E-state index in [1.807, 2.05) is 0 Å². The molecule has 0 aromatic heterocycles. The zero-order valence-electron chi connectivity index (χ0n) is 7.98. The molecule has 0 amide bonds. The summed E-state index contributed by atoms with van der Waals surface area (Å²) >= 11 is 6.26. The quantitative estimate of drug-likeness (QED) is 0.287. The molecule has 7 heteroatoms. The number of benzene rings is 1. The zero-order valence-corrected chi connectivity index (χ0v) is 11.2. The molecule has 0 saturated carbocycles. The van der Waals surface area contributed by atoms with Crippen LogP contribution < -0.4 is 5.32 Å². The SMILES string of the molecule is C=CC(Nc1cc(Br)c(O)c(Br)c1)[N+](=O)[O-]. The standard InChI is InChI=1S/C9H8Br2N2O3/c1-2-8(13(15)16)12-5-3-6(10)9(14)7(11)4-5/h2-4,8,12,14H,1H2. The summed E-state index contributed by atoms with van der Waals surface area (Å²) in [5.41, 5.74) is 0.498. The molecule has 0 radical (unpaired) electrons. The molecule has 0 spiro atoms. The van der Waals surface area contributed by atoms with Gasteiger partial charge in [-0.15, -0.1) is 0 Å². The lowest BCUT2D eigenvalue weighted by molar-refractivity contribution is -0.501. The van der Waals surface area contributed by atoms with Gasteiger partial charge in [0.25, 0.3) is 0 Å². The molecule has 0 heterocycles. The van der Waals surface area contributed by atoms with Gasteiger partial charge < -0.3 is 10.4 Å². The summed E-state index contributed by atoms with van der Waals surface area (Å²) in [5.74, 6) is 0.0433. The van der Waals surface area contributed by atoms with Gasteiger partial charge in [0.2, 0.25) is 0 Å². The maximum absolute atomic E-state index is 10.6. The number of nitrogens with one attached hydrogen (secondary N) is 1. The number of anilines is 1. The van der Waals surface area contributed by atoms with Crippen molar-refractivity contribution in [3.05, 3.63) is 43.8 Å². The zero-order chi connectivity index (χ0) is 12.3. The van der Waals surface area contributed by atoms with Gasteiger partial charge in [-0.1, -0.05) is 6.58 Å². The first-order valence-corrected chi connectivity index (χ1v) is 5.75. The Bertz CT molecular complexity index is 414. The summed E-state index contributed by atoms with van der Waals surface area (Å²) in [5, 5.41) is 22.7. The van der Waals surface area contributed by atoms with E-state index in [2.05, 4.69) is 43.8 Å². The van der Waals surface area contributed by atoms with Crippen molar-refractivity contribution in [3.8, 4) is 5.75 Å². The lowest BCUT2D eigenvalue weighted by Crippen LogP contribution is -2.25. The van der Waals surface area contributed by atoms with Crippen molar-refractivity contribution in [2.75, 3.05) is 5.32 Å². The van der Waals surface area contributed by atoms with Gasteiger partial charge in [0, 0.05) is 16.7 Å². The van der Waals surface area contributed by atoms with Crippen molar-refractivity contribution < 1.29 is 10.0 Å². The van der Waals surface area contributed by atoms with E-state index in [9.17, 15) is 15.2 Å². The third kappa shape index (κ3) is 2.96. The second-order valence-corrected chi connectivity index (χ2v) is 4.61. The van der Waals surface area contributed by atoms with E-state index in [0.29, 0.717) is 14.6 Å². The maximum Gasteiger partial charge on any atom is 0.303 e. The molecule has 0 saturated heterocycles. The molecular formula is C9H8Br2N2O3. The monoisotopic (exact) mass is 350 g/mol. The Labute approximate surface area is 109 Å². The van der Waals surface area contributed by atoms with E-state index in [1.54, 1.807) is 12.1 Å². The summed E-state index contributed by atoms with van der Waals surface area (Å²) in [6.45, 7) is 3.36. The molecule has 86 valence electrons. The van der Waals surface area contributed by atoms with Crippen molar-refractivity contribution in [1.82, 2.24) is 0 Å². The van der Waals surface area contributed by atoms with Crippen LogP contribution in [0.25, 0.3) is 0 Å². The van der Waals surface area contributed by atoms with E-state index in [-0.39, 0.29) is 5.75 Å². The van der Waals surface area contributed by atoms with E-state index in [0.717, 1.165) is 0 Å². The van der Waals surface area contributed by atoms with Crippen molar-refractivity contribution in [2.45, 2.75) is 6.17 Å². The second kappa shape index (κ2) is 5.31. The maximum atomic E-state index is 10.6. The fraction of sp³-hybridized carbons (Fsp3) is 0.111. The summed E-state index contributed by atoms with van der Waals surface area (Å²) in [6.07, 6.45) is 0.123. The molecule has 0 aliphatic rings. The largest absolute Gasteiger partial charge is 0.506 e. The molecule has 16 heavy (non-hydrogen) atoms. The van der Waals surface area contributed by atoms with Crippen molar-refractivity contribution in [3.63, 3.8) is 0 Å². The first-order valence-electron chi connectivity index (χ1n) is 4.16. The van der Waals surface area contributed by atoms with Crippen LogP contribution in [0.1, 0.15) is 0 Å². The highest BCUT2D eigenvalue weighted by atomic mass is 79.9. The Morgan fingerprint density at radius 1 is 1.50 bits per heavy atom. The fourth-order valence-corrected chi connectivity index (χ4v) is 2.20. The van der Waals surface area contributed by atoms with Gasteiger partial charge in [0.15, 0.2) is 0 Å². The Hall–Kier alpha value is -1.08. The lowest BCUT2D eigenvalue weighted by atomic mass is 10.3. The summed E-state index contributed by atoms with van der Waals surface area (Å²) in [4.78, 5) is 10.1. The molecule has 1 unspecified atom stereocenters. The highest BCUT2D eigenvalue weighted by molar-refractivity contribution is 9.11. The van der Waals surface area contributed by atoms with Crippen LogP contribution in [0.3, 0.4) is 0 Å². The number of halogens is 2. The van der Waals surface area contributed by atoms with Gasteiger partial charge >= 0.3 is 6.17 Å². The first kappa shape index (κ1) is 13.0. The van der Waals surface area contributed by atoms with Crippen LogP contribution in [-0.4, -0.2) is 16.2 Å². The molecule has 1 rings (SSSR count). The van der Waals surface area contributed by atoms with Crippen LogP contribution in [0.15, 0.2) is 33.7 Å². The van der Waals surface area contributed by atoms with Gasteiger partial charge in [-0.2, -0.15) is 0 Å². The van der Waals surface area contributed by atoms with Gasteiger partial charge in [-0.3, -0.25) is 10.1 Å². The topological polar surface area (TPSA) is 75.4 Å². The van der Waals surface area contributed by atoms with Gasteiger partial charge in [-0.05, 0) is 44.0 Å². The van der Waals surface area contributed by atoms with Crippen LogP contribution in [0.5, 0.6) is 5.75 Å². The van der Waals surface area contributed by atoms with E-state index in [4.69, 9.17) is 0 Å². The molecular weight excluding hydrogens is 344 g/mol. The molecule has 1 aromatic rings. The number of hydrogen-bond donors (Lipinski definition) is 2. The number of phenolic OH excluding ortho intramolecular Hbond substituents is 1. The van der Waals surface area contributed by atoms with Crippen LogP contribution in [0.4, 0.5) is 5.69 Å². The van der Waals surface area contributed by atoms with Crippen molar-refractivity contribution in [2.24, 2.45) is 0 Å². The number of aromatic hydroxyl groups is 1. The average molecular weight is 352 g/mol. The van der Waals surface area contributed by atoms with E-state index >= 15 is 0 Å². The fourth-order valence-electron chi connectivity index (χ4n) is 1.02. The normalized spacial score (nSPS) is 11.9. The molecule has 1 atom stereocenters. The molecule has 2 N–H and O–H groups in total. The highest BCUT2D eigenvalue weighted by Gasteiger charge is 2.15. The molecule has 1 aromatic carbocycles. The number of hydrogen-bond acceptors (Lipinski definition) is 4. The van der Waals surface area contributed by atoms with Gasteiger partial charge in [-0.25, -0.2) is 0 Å². The Morgan fingerprint density at radius 3 is 2.38 bits per heavy atom. The minimum atomic E-state index is -1.07. The third-order valence-corrected chi connectivity index (χ3v) is 2.99. The van der Waals surface area contributed by atoms with E-state index < -0.39 is 11.1 Å².